The molecule has 2 aromatic rings. The van der Waals surface area contributed by atoms with Gasteiger partial charge in [0.05, 0.1) is 16.3 Å². The van der Waals surface area contributed by atoms with Crippen molar-refractivity contribution in [3.8, 4) is 0 Å². The molecule has 2 aromatic carbocycles. The fourth-order valence-corrected chi connectivity index (χ4v) is 3.04. The van der Waals surface area contributed by atoms with Crippen LogP contribution >= 0.6 is 0 Å². The van der Waals surface area contributed by atoms with E-state index in [-0.39, 0.29) is 17.2 Å². The molecule has 7 nitrogen and oxygen atoms in total. The number of aryl methyl sites for hydroxylation is 1. The summed E-state index contributed by atoms with van der Waals surface area (Å²) in [6, 6.07) is 12.2. The molecule has 1 N–H and O–H groups in total. The Morgan fingerprint density at radius 2 is 1.81 bits per heavy atom. The highest BCUT2D eigenvalue weighted by atomic mass is 16.6. The molecule has 1 aliphatic rings. The van der Waals surface area contributed by atoms with E-state index in [1.165, 1.54) is 6.07 Å². The maximum atomic E-state index is 12.6. The number of likely N-dealkylation sites (N-methyl/N-ethyl adjacent to an activating group) is 1. The zero-order chi connectivity index (χ0) is 18.7. The number of carbonyl (C=O) groups is 1. The van der Waals surface area contributed by atoms with Gasteiger partial charge in [0.1, 0.15) is 0 Å². The lowest BCUT2D eigenvalue weighted by atomic mass is 10.1. The normalized spacial score (nSPS) is 14.9. The summed E-state index contributed by atoms with van der Waals surface area (Å²) in [4.78, 5) is 27.8. The molecule has 1 aliphatic heterocycles. The molecule has 0 radical (unpaired) electrons. The van der Waals surface area contributed by atoms with Gasteiger partial charge in [0.15, 0.2) is 0 Å². The van der Waals surface area contributed by atoms with Crippen molar-refractivity contribution < 1.29 is 9.72 Å². The average molecular weight is 354 g/mol. The summed E-state index contributed by atoms with van der Waals surface area (Å²) >= 11 is 0. The highest BCUT2D eigenvalue weighted by Gasteiger charge is 2.19. The Labute approximate surface area is 152 Å². The minimum atomic E-state index is -0.468. The van der Waals surface area contributed by atoms with E-state index in [4.69, 9.17) is 0 Å². The molecule has 0 aliphatic carbocycles. The third-order valence-corrected chi connectivity index (χ3v) is 4.66. The van der Waals surface area contributed by atoms with Crippen molar-refractivity contribution in [2.75, 3.05) is 43.4 Å². The predicted octanol–water partition coefficient (Wildman–Crippen LogP) is 2.91. The monoisotopic (exact) mass is 354 g/mol. The van der Waals surface area contributed by atoms with Gasteiger partial charge in [-0.05, 0) is 32.2 Å². The largest absolute Gasteiger partial charge is 0.367 e. The average Bonchev–Trinajstić information content (AvgIpc) is 2.63. The van der Waals surface area contributed by atoms with Gasteiger partial charge in [-0.15, -0.1) is 0 Å². The summed E-state index contributed by atoms with van der Waals surface area (Å²) in [5, 5.41) is 14.0. The highest BCUT2D eigenvalue weighted by Crippen LogP contribution is 2.27. The summed E-state index contributed by atoms with van der Waals surface area (Å²) in [6.45, 7) is 5.36. The van der Waals surface area contributed by atoms with Crippen LogP contribution in [0.4, 0.5) is 17.1 Å². The topological polar surface area (TPSA) is 78.7 Å². The number of anilines is 2. The Kier molecular flexibility index (Phi) is 5.18. The minimum absolute atomic E-state index is 0.0509. The van der Waals surface area contributed by atoms with Gasteiger partial charge in [-0.25, -0.2) is 0 Å². The van der Waals surface area contributed by atoms with Crippen LogP contribution < -0.4 is 10.2 Å². The van der Waals surface area contributed by atoms with Crippen molar-refractivity contribution >= 4 is 23.0 Å². The Balaban J connectivity index is 1.82. The molecule has 1 saturated heterocycles. The molecule has 136 valence electrons. The van der Waals surface area contributed by atoms with Crippen LogP contribution in [0, 0.1) is 17.0 Å². The minimum Gasteiger partial charge on any atom is -0.367 e. The summed E-state index contributed by atoms with van der Waals surface area (Å²) in [5.74, 6) is -0.352. The number of para-hydroxylation sites is 2. The number of nitro groups is 1. The number of nitrogens with one attached hydrogen (secondary N) is 1. The van der Waals surface area contributed by atoms with Crippen molar-refractivity contribution in [3.05, 3.63) is 63.7 Å². The Bertz CT molecular complexity index is 829. The first-order valence-electron chi connectivity index (χ1n) is 8.54. The Morgan fingerprint density at radius 1 is 1.12 bits per heavy atom. The van der Waals surface area contributed by atoms with Gasteiger partial charge in [-0.2, -0.15) is 0 Å². The van der Waals surface area contributed by atoms with Crippen molar-refractivity contribution in [1.82, 2.24) is 4.90 Å². The van der Waals surface area contributed by atoms with Gasteiger partial charge in [-0.3, -0.25) is 14.9 Å². The van der Waals surface area contributed by atoms with E-state index in [1.54, 1.807) is 19.1 Å². The molecule has 0 saturated carbocycles. The van der Waals surface area contributed by atoms with Crippen LogP contribution in [0.15, 0.2) is 42.5 Å². The lowest BCUT2D eigenvalue weighted by molar-refractivity contribution is -0.385. The number of rotatable bonds is 4. The van der Waals surface area contributed by atoms with Gasteiger partial charge >= 0.3 is 0 Å². The fourth-order valence-electron chi connectivity index (χ4n) is 3.04. The van der Waals surface area contributed by atoms with Crippen LogP contribution in [0.5, 0.6) is 0 Å². The van der Waals surface area contributed by atoms with Gasteiger partial charge in [-0.1, -0.05) is 18.2 Å². The zero-order valence-electron chi connectivity index (χ0n) is 14.9. The number of piperazine rings is 1. The molecule has 1 amide bonds. The predicted molar refractivity (Wildman–Crippen MR) is 102 cm³/mol. The van der Waals surface area contributed by atoms with E-state index in [2.05, 4.69) is 22.2 Å². The quantitative estimate of drug-likeness (QED) is 0.675. The van der Waals surface area contributed by atoms with E-state index in [0.717, 1.165) is 31.9 Å². The summed E-state index contributed by atoms with van der Waals surface area (Å²) in [5.41, 5.74) is 2.44. The maximum Gasteiger partial charge on any atom is 0.273 e. The van der Waals surface area contributed by atoms with Crippen LogP contribution in [0.2, 0.25) is 0 Å². The van der Waals surface area contributed by atoms with Gasteiger partial charge in [0.2, 0.25) is 0 Å². The molecule has 0 unspecified atom stereocenters. The first kappa shape index (κ1) is 17.9. The van der Waals surface area contributed by atoms with Gasteiger partial charge in [0, 0.05) is 43.4 Å². The van der Waals surface area contributed by atoms with Crippen LogP contribution in [0.25, 0.3) is 0 Å². The molecule has 0 aromatic heterocycles. The zero-order valence-corrected chi connectivity index (χ0v) is 14.9. The fraction of sp³-hybridized carbons (Fsp3) is 0.316. The summed E-state index contributed by atoms with van der Waals surface area (Å²) in [6.07, 6.45) is 0. The highest BCUT2D eigenvalue weighted by molar-refractivity contribution is 6.06. The van der Waals surface area contributed by atoms with E-state index >= 15 is 0 Å². The number of nitrogens with zero attached hydrogens (tertiary/aromatic N) is 3. The lowest BCUT2D eigenvalue weighted by Crippen LogP contribution is -2.44. The number of benzene rings is 2. The van der Waals surface area contributed by atoms with Crippen molar-refractivity contribution in [1.29, 1.82) is 0 Å². The Morgan fingerprint density at radius 3 is 2.50 bits per heavy atom. The number of carbonyl (C=O) groups excluding carboxylic acids is 1. The lowest BCUT2D eigenvalue weighted by Gasteiger charge is -2.35. The molecule has 7 heteroatoms. The molecular formula is C19H22N4O3. The SMILES string of the molecule is Cc1ccc(C(=O)Nc2ccccc2N2CCN(C)CC2)cc1[N+](=O)[O-]. The molecule has 3 rings (SSSR count). The van der Waals surface area contributed by atoms with E-state index in [0.29, 0.717) is 11.3 Å². The van der Waals surface area contributed by atoms with E-state index in [1.807, 2.05) is 24.3 Å². The van der Waals surface area contributed by atoms with Gasteiger partial charge < -0.3 is 15.1 Å². The summed E-state index contributed by atoms with van der Waals surface area (Å²) < 4.78 is 0. The number of hydrogen-bond acceptors (Lipinski definition) is 5. The van der Waals surface area contributed by atoms with Crippen LogP contribution in [0.1, 0.15) is 15.9 Å². The molecule has 0 atom stereocenters. The van der Waals surface area contributed by atoms with E-state index < -0.39 is 4.92 Å². The second kappa shape index (κ2) is 7.53. The third-order valence-electron chi connectivity index (χ3n) is 4.66. The van der Waals surface area contributed by atoms with Gasteiger partial charge in [0.25, 0.3) is 11.6 Å². The number of amides is 1. The first-order chi connectivity index (χ1) is 12.5. The van der Waals surface area contributed by atoms with Crippen molar-refractivity contribution in [2.45, 2.75) is 6.92 Å². The van der Waals surface area contributed by atoms with Crippen molar-refractivity contribution in [2.24, 2.45) is 0 Å². The van der Waals surface area contributed by atoms with Crippen LogP contribution in [-0.2, 0) is 0 Å². The molecular weight excluding hydrogens is 332 g/mol. The number of hydrogen-bond donors (Lipinski definition) is 1. The molecule has 0 bridgehead atoms. The first-order valence-corrected chi connectivity index (χ1v) is 8.54. The smallest absolute Gasteiger partial charge is 0.273 e. The molecule has 0 spiro atoms. The number of nitro benzene ring substituents is 1. The second-order valence-electron chi connectivity index (χ2n) is 6.52. The molecule has 1 fully saturated rings. The summed E-state index contributed by atoms with van der Waals surface area (Å²) in [7, 11) is 2.09. The van der Waals surface area contributed by atoms with Crippen molar-refractivity contribution in [3.63, 3.8) is 0 Å². The van der Waals surface area contributed by atoms with Crippen LogP contribution in [-0.4, -0.2) is 49.0 Å². The molecule has 26 heavy (non-hydrogen) atoms. The third kappa shape index (κ3) is 3.83. The Hall–Kier alpha value is -2.93. The van der Waals surface area contributed by atoms with Crippen LogP contribution in [0.3, 0.4) is 0 Å². The van der Waals surface area contributed by atoms with E-state index in [9.17, 15) is 14.9 Å². The molecule has 1 heterocycles. The standard InChI is InChI=1S/C19H22N4O3/c1-14-7-8-15(13-18(14)23(25)26)19(24)20-16-5-3-4-6-17(16)22-11-9-21(2)10-12-22/h3-8,13H,9-12H2,1-2H3,(H,20,24). The second-order valence-corrected chi connectivity index (χ2v) is 6.52. The maximum absolute atomic E-state index is 12.6.